The summed E-state index contributed by atoms with van der Waals surface area (Å²) >= 11 is 3.45. The van der Waals surface area contributed by atoms with E-state index < -0.39 is 0 Å². The second-order valence-electron chi connectivity index (χ2n) is 5.21. The van der Waals surface area contributed by atoms with Gasteiger partial charge in [0.25, 0.3) is 0 Å². The fourth-order valence-corrected chi connectivity index (χ4v) is 3.19. The summed E-state index contributed by atoms with van der Waals surface area (Å²) in [6.07, 6.45) is 4.03. The Morgan fingerprint density at radius 1 is 1.29 bits per heavy atom. The van der Waals surface area contributed by atoms with Gasteiger partial charge in [-0.2, -0.15) is 10.4 Å². The van der Waals surface area contributed by atoms with E-state index in [4.69, 9.17) is 11.0 Å². The zero-order valence-corrected chi connectivity index (χ0v) is 13.1. The Hall–Kier alpha value is -2.00. The number of hydrogen-bond acceptors (Lipinski definition) is 4. The number of nitrogen functional groups attached to an aromatic ring is 1. The molecule has 2 aromatic rings. The van der Waals surface area contributed by atoms with Crippen molar-refractivity contribution in [3.63, 3.8) is 0 Å². The molecule has 0 radical (unpaired) electrons. The highest BCUT2D eigenvalue weighted by molar-refractivity contribution is 9.10. The molecule has 1 aliphatic rings. The number of nitrogens with two attached hydrogens (primary N) is 1. The van der Waals surface area contributed by atoms with Gasteiger partial charge in [0.05, 0.1) is 11.6 Å². The Kier molecular flexibility index (Phi) is 3.84. The largest absolute Gasteiger partial charge is 0.382 e. The number of halogens is 1. The predicted molar refractivity (Wildman–Crippen MR) is 86.0 cm³/mol. The highest BCUT2D eigenvalue weighted by Crippen LogP contribution is 2.29. The minimum atomic E-state index is 0.417. The lowest BCUT2D eigenvalue weighted by Crippen LogP contribution is -2.34. The van der Waals surface area contributed by atoms with E-state index in [1.807, 2.05) is 35.1 Å². The number of nitriles is 1. The molecule has 0 amide bonds. The van der Waals surface area contributed by atoms with Crippen LogP contribution in [0.2, 0.25) is 0 Å². The van der Waals surface area contributed by atoms with Gasteiger partial charge in [-0.05, 0) is 53.0 Å². The maximum Gasteiger partial charge on any atom is 0.145 e. The van der Waals surface area contributed by atoms with Gasteiger partial charge < -0.3 is 10.6 Å². The Balaban J connectivity index is 1.68. The van der Waals surface area contributed by atoms with E-state index in [9.17, 15) is 0 Å². The van der Waals surface area contributed by atoms with Crippen LogP contribution in [0.15, 0.2) is 34.9 Å². The number of aromatic nitrogens is 2. The molecule has 3 rings (SSSR count). The zero-order chi connectivity index (χ0) is 14.8. The predicted octanol–water partition coefficient (Wildman–Crippen LogP) is 2.94. The van der Waals surface area contributed by atoms with Gasteiger partial charge in [0.1, 0.15) is 11.9 Å². The summed E-state index contributed by atoms with van der Waals surface area (Å²) in [5, 5.41) is 13.3. The standard InChI is InChI=1S/C15H16BrN5/c16-14-9-13(2-1-11(14)10-17)20-6-3-12(4-7-20)21-8-5-15(18)19-21/h1-2,5,8-9,12H,3-4,6-7H2,(H2,18,19). The van der Waals surface area contributed by atoms with Crippen LogP contribution in [0.3, 0.4) is 0 Å². The van der Waals surface area contributed by atoms with E-state index in [1.165, 1.54) is 0 Å². The zero-order valence-electron chi connectivity index (χ0n) is 11.5. The van der Waals surface area contributed by atoms with Crippen LogP contribution >= 0.6 is 15.9 Å². The normalized spacial score (nSPS) is 15.9. The molecule has 1 saturated heterocycles. The van der Waals surface area contributed by atoms with Gasteiger partial charge in [-0.3, -0.25) is 4.68 Å². The number of nitrogens with zero attached hydrogens (tertiary/aromatic N) is 4. The molecule has 0 unspecified atom stereocenters. The number of hydrogen-bond donors (Lipinski definition) is 1. The van der Waals surface area contributed by atoms with Gasteiger partial charge in [-0.15, -0.1) is 0 Å². The van der Waals surface area contributed by atoms with Crippen molar-refractivity contribution in [3.8, 4) is 6.07 Å². The van der Waals surface area contributed by atoms with Crippen molar-refractivity contribution in [1.82, 2.24) is 9.78 Å². The molecule has 1 aromatic carbocycles. The number of rotatable bonds is 2. The van der Waals surface area contributed by atoms with Crippen molar-refractivity contribution in [1.29, 1.82) is 5.26 Å². The van der Waals surface area contributed by atoms with Gasteiger partial charge in [-0.25, -0.2) is 0 Å². The van der Waals surface area contributed by atoms with Crippen LogP contribution in [0, 0.1) is 11.3 Å². The molecule has 0 bridgehead atoms. The van der Waals surface area contributed by atoms with Crippen molar-refractivity contribution in [3.05, 3.63) is 40.5 Å². The first-order valence-corrected chi connectivity index (χ1v) is 7.72. The topological polar surface area (TPSA) is 70.9 Å². The second kappa shape index (κ2) is 5.78. The Labute approximate surface area is 132 Å². The summed E-state index contributed by atoms with van der Waals surface area (Å²) in [6, 6.07) is 10.3. The molecule has 2 heterocycles. The number of benzene rings is 1. The number of anilines is 2. The van der Waals surface area contributed by atoms with Gasteiger partial charge >= 0.3 is 0 Å². The first-order valence-electron chi connectivity index (χ1n) is 6.92. The minimum Gasteiger partial charge on any atom is -0.382 e. The lowest BCUT2D eigenvalue weighted by Gasteiger charge is -2.33. The molecule has 1 aromatic heterocycles. The van der Waals surface area contributed by atoms with Gasteiger partial charge in [0.2, 0.25) is 0 Å². The van der Waals surface area contributed by atoms with Crippen LogP contribution in [-0.2, 0) is 0 Å². The molecule has 2 N–H and O–H groups in total. The quantitative estimate of drug-likeness (QED) is 0.908. The molecule has 6 heteroatoms. The summed E-state index contributed by atoms with van der Waals surface area (Å²) < 4.78 is 2.82. The van der Waals surface area contributed by atoms with Gasteiger partial charge in [0.15, 0.2) is 0 Å². The highest BCUT2D eigenvalue weighted by Gasteiger charge is 2.21. The third-order valence-corrected chi connectivity index (χ3v) is 4.56. The third kappa shape index (κ3) is 2.88. The van der Waals surface area contributed by atoms with E-state index in [0.717, 1.165) is 36.1 Å². The molecule has 0 aliphatic carbocycles. The summed E-state index contributed by atoms with van der Waals surface area (Å²) in [5.41, 5.74) is 7.49. The average Bonchev–Trinajstić information content (AvgIpc) is 2.94. The van der Waals surface area contributed by atoms with Crippen LogP contribution < -0.4 is 10.6 Å². The maximum atomic E-state index is 8.97. The summed E-state index contributed by atoms with van der Waals surface area (Å²) in [7, 11) is 0. The molecule has 1 aliphatic heterocycles. The molecule has 108 valence electrons. The lowest BCUT2D eigenvalue weighted by atomic mass is 10.0. The Morgan fingerprint density at radius 3 is 2.62 bits per heavy atom. The van der Waals surface area contributed by atoms with Gasteiger partial charge in [-0.1, -0.05) is 0 Å². The molecule has 1 fully saturated rings. The van der Waals surface area contributed by atoms with E-state index >= 15 is 0 Å². The SMILES string of the molecule is N#Cc1ccc(N2CCC(n3ccc(N)n3)CC2)cc1Br. The fourth-order valence-electron chi connectivity index (χ4n) is 2.74. The molecule has 0 spiro atoms. The van der Waals surface area contributed by atoms with Crippen LogP contribution in [0.4, 0.5) is 11.5 Å². The van der Waals surface area contributed by atoms with Crippen LogP contribution in [0.5, 0.6) is 0 Å². The molecular weight excluding hydrogens is 330 g/mol. The van der Waals surface area contributed by atoms with Crippen molar-refractivity contribution < 1.29 is 0 Å². The molecule has 0 saturated carbocycles. The van der Waals surface area contributed by atoms with E-state index in [-0.39, 0.29) is 0 Å². The van der Waals surface area contributed by atoms with Gasteiger partial charge in [0, 0.05) is 29.4 Å². The maximum absolute atomic E-state index is 8.97. The van der Waals surface area contributed by atoms with Crippen molar-refractivity contribution in [2.75, 3.05) is 23.7 Å². The van der Waals surface area contributed by atoms with E-state index in [2.05, 4.69) is 32.0 Å². The summed E-state index contributed by atoms with van der Waals surface area (Å²) in [4.78, 5) is 2.34. The highest BCUT2D eigenvalue weighted by atomic mass is 79.9. The molecule has 21 heavy (non-hydrogen) atoms. The summed E-state index contributed by atoms with van der Waals surface area (Å²) in [5.74, 6) is 0.577. The second-order valence-corrected chi connectivity index (χ2v) is 6.07. The minimum absolute atomic E-state index is 0.417. The Morgan fingerprint density at radius 2 is 2.05 bits per heavy atom. The van der Waals surface area contributed by atoms with Crippen molar-refractivity contribution in [2.45, 2.75) is 18.9 Å². The molecule has 0 atom stereocenters. The summed E-state index contributed by atoms with van der Waals surface area (Å²) in [6.45, 7) is 1.95. The molecular formula is C15H16BrN5. The van der Waals surface area contributed by atoms with Crippen LogP contribution in [0.1, 0.15) is 24.4 Å². The van der Waals surface area contributed by atoms with Crippen molar-refractivity contribution >= 4 is 27.4 Å². The first-order chi connectivity index (χ1) is 10.2. The lowest BCUT2D eigenvalue weighted by molar-refractivity contribution is 0.368. The Bertz CT molecular complexity index is 680. The van der Waals surface area contributed by atoms with Crippen LogP contribution in [-0.4, -0.2) is 22.9 Å². The smallest absolute Gasteiger partial charge is 0.145 e. The van der Waals surface area contributed by atoms with Crippen LogP contribution in [0.25, 0.3) is 0 Å². The average molecular weight is 346 g/mol. The monoisotopic (exact) mass is 345 g/mol. The third-order valence-electron chi connectivity index (χ3n) is 3.91. The number of piperidine rings is 1. The fraction of sp³-hybridized carbons (Fsp3) is 0.333. The molecule has 5 nitrogen and oxygen atoms in total. The van der Waals surface area contributed by atoms with E-state index in [1.54, 1.807) is 0 Å². The van der Waals surface area contributed by atoms with Crippen molar-refractivity contribution in [2.24, 2.45) is 0 Å². The first kappa shape index (κ1) is 14.0. The van der Waals surface area contributed by atoms with E-state index in [0.29, 0.717) is 17.4 Å².